The van der Waals surface area contributed by atoms with E-state index in [1.807, 2.05) is 79.7 Å². The molecular weight excluding hydrogens is 518 g/mol. The van der Waals surface area contributed by atoms with Gasteiger partial charge >= 0.3 is 5.97 Å². The maximum Gasteiger partial charge on any atom is 0.308 e. The molecule has 9 heteroatoms. The third-order valence-corrected chi connectivity index (χ3v) is 6.60. The number of nitrogens with one attached hydrogen (secondary N) is 1. The van der Waals surface area contributed by atoms with Crippen molar-refractivity contribution in [2.45, 2.75) is 26.2 Å². The summed E-state index contributed by atoms with van der Waals surface area (Å²) in [7, 11) is 3.74. The van der Waals surface area contributed by atoms with Gasteiger partial charge in [0.2, 0.25) is 5.75 Å². The van der Waals surface area contributed by atoms with Gasteiger partial charge in [-0.05, 0) is 60.9 Å². The minimum Gasteiger partial charge on any atom is -0.457 e. The van der Waals surface area contributed by atoms with Crippen molar-refractivity contribution in [1.82, 2.24) is 9.97 Å². The summed E-state index contributed by atoms with van der Waals surface area (Å²) in [5.74, 6) is 2.89. The number of ether oxygens (including phenoxy) is 2. The molecule has 0 bridgehead atoms. The number of para-hydroxylation sites is 1. The summed E-state index contributed by atoms with van der Waals surface area (Å²) in [5.41, 5.74) is 2.15. The molecule has 4 aromatic rings. The third kappa shape index (κ3) is 7.00. The summed E-state index contributed by atoms with van der Waals surface area (Å²) >= 11 is 0. The number of amides is 1. The number of hydrogen-bond donors (Lipinski definition) is 1. The molecule has 3 aromatic carbocycles. The highest BCUT2D eigenvalue weighted by Crippen LogP contribution is 2.37. The zero-order valence-electron chi connectivity index (χ0n) is 23.5. The largest absolute Gasteiger partial charge is 0.457 e. The van der Waals surface area contributed by atoms with E-state index in [1.165, 1.54) is 6.92 Å². The first-order valence-electron chi connectivity index (χ1n) is 13.6. The van der Waals surface area contributed by atoms with Gasteiger partial charge in [-0.2, -0.15) is 0 Å². The van der Waals surface area contributed by atoms with Gasteiger partial charge < -0.3 is 24.6 Å². The second-order valence-electron chi connectivity index (χ2n) is 10.1. The van der Waals surface area contributed by atoms with E-state index in [0.717, 1.165) is 31.5 Å². The molecule has 9 nitrogen and oxygen atoms in total. The average molecular weight is 552 g/mol. The summed E-state index contributed by atoms with van der Waals surface area (Å²) in [6, 6.07) is 24.1. The molecule has 0 spiro atoms. The van der Waals surface area contributed by atoms with Crippen molar-refractivity contribution >= 4 is 29.2 Å². The molecule has 1 aliphatic heterocycles. The van der Waals surface area contributed by atoms with Crippen LogP contribution in [0.2, 0.25) is 0 Å². The summed E-state index contributed by atoms with van der Waals surface area (Å²) in [6.07, 6.45) is 2.61. The standard InChI is InChI=1S/C32H33N5O4/c1-22(38)40-29-30(36(2)3)34-28(35-31(29)37-18-7-8-19-37)20-23-14-16-25(17-15-23)33-32(39)24-10-9-13-27(21-24)41-26-11-5-4-6-12-26/h4-6,9-17,21H,7-8,18-20H2,1-3H3,(H,33,39). The van der Waals surface area contributed by atoms with Gasteiger partial charge in [-0.15, -0.1) is 0 Å². The van der Waals surface area contributed by atoms with Crippen LogP contribution in [-0.4, -0.2) is 49.0 Å². The highest BCUT2D eigenvalue weighted by Gasteiger charge is 2.25. The van der Waals surface area contributed by atoms with Crippen LogP contribution in [0, 0.1) is 0 Å². The second kappa shape index (κ2) is 12.5. The monoisotopic (exact) mass is 551 g/mol. The molecule has 1 N–H and O–H groups in total. The minimum absolute atomic E-state index is 0.230. The van der Waals surface area contributed by atoms with Crippen LogP contribution in [0.25, 0.3) is 0 Å². The van der Waals surface area contributed by atoms with E-state index in [-0.39, 0.29) is 5.91 Å². The number of nitrogens with zero attached hydrogens (tertiary/aromatic N) is 4. The molecule has 41 heavy (non-hydrogen) atoms. The topological polar surface area (TPSA) is 96.9 Å². The fraction of sp³-hybridized carbons (Fsp3) is 0.250. The first kappa shape index (κ1) is 27.6. The SMILES string of the molecule is CC(=O)Oc1c(N(C)C)nc(Cc2ccc(NC(=O)c3cccc(Oc4ccccc4)c3)cc2)nc1N1CCCC1. The predicted molar refractivity (Wildman–Crippen MR) is 159 cm³/mol. The van der Waals surface area contributed by atoms with Gasteiger partial charge in [0.15, 0.2) is 11.6 Å². The molecule has 0 atom stereocenters. The molecule has 1 aliphatic rings. The van der Waals surface area contributed by atoms with Crippen molar-refractivity contribution in [2.75, 3.05) is 42.3 Å². The van der Waals surface area contributed by atoms with Gasteiger partial charge in [-0.25, -0.2) is 9.97 Å². The fourth-order valence-electron chi connectivity index (χ4n) is 4.65. The average Bonchev–Trinajstić information content (AvgIpc) is 3.50. The Morgan fingerprint density at radius 2 is 1.61 bits per heavy atom. The molecule has 1 aromatic heterocycles. The van der Waals surface area contributed by atoms with Crippen LogP contribution in [0.1, 0.15) is 41.5 Å². The highest BCUT2D eigenvalue weighted by molar-refractivity contribution is 6.04. The number of aromatic nitrogens is 2. The van der Waals surface area contributed by atoms with E-state index < -0.39 is 5.97 Å². The second-order valence-corrected chi connectivity index (χ2v) is 10.1. The van der Waals surface area contributed by atoms with Crippen LogP contribution in [0.5, 0.6) is 17.2 Å². The zero-order chi connectivity index (χ0) is 28.8. The molecule has 1 saturated heterocycles. The lowest BCUT2D eigenvalue weighted by Crippen LogP contribution is -2.24. The Morgan fingerprint density at radius 3 is 2.29 bits per heavy atom. The number of carbonyl (C=O) groups excluding carboxylic acids is 2. The molecule has 0 aliphatic carbocycles. The van der Waals surface area contributed by atoms with Gasteiger partial charge in [0, 0.05) is 51.8 Å². The molecule has 0 radical (unpaired) electrons. The van der Waals surface area contributed by atoms with Crippen LogP contribution in [-0.2, 0) is 11.2 Å². The van der Waals surface area contributed by atoms with E-state index in [0.29, 0.717) is 52.4 Å². The van der Waals surface area contributed by atoms with Gasteiger partial charge in [-0.1, -0.05) is 36.4 Å². The summed E-state index contributed by atoms with van der Waals surface area (Å²) in [6.45, 7) is 3.09. The zero-order valence-corrected chi connectivity index (χ0v) is 23.5. The Balaban J connectivity index is 1.30. The quantitative estimate of drug-likeness (QED) is 0.265. The van der Waals surface area contributed by atoms with Crippen molar-refractivity contribution in [3.8, 4) is 17.2 Å². The maximum absolute atomic E-state index is 12.9. The molecule has 2 heterocycles. The van der Waals surface area contributed by atoms with Crippen molar-refractivity contribution in [2.24, 2.45) is 0 Å². The van der Waals surface area contributed by atoms with Crippen molar-refractivity contribution in [3.63, 3.8) is 0 Å². The van der Waals surface area contributed by atoms with Gasteiger partial charge in [0.25, 0.3) is 5.91 Å². The summed E-state index contributed by atoms with van der Waals surface area (Å²) in [5, 5.41) is 2.95. The molecular formula is C32H33N5O4. The first-order valence-corrected chi connectivity index (χ1v) is 13.6. The Morgan fingerprint density at radius 1 is 0.902 bits per heavy atom. The number of benzene rings is 3. The van der Waals surface area contributed by atoms with Crippen LogP contribution in [0.4, 0.5) is 17.3 Å². The minimum atomic E-state index is -0.405. The van der Waals surface area contributed by atoms with Crippen LogP contribution in [0.15, 0.2) is 78.9 Å². The Kier molecular flexibility index (Phi) is 8.43. The molecule has 0 unspecified atom stereocenters. The number of hydrogen-bond acceptors (Lipinski definition) is 8. The van der Waals surface area contributed by atoms with E-state index in [4.69, 9.17) is 19.4 Å². The Labute approximate surface area is 239 Å². The number of anilines is 3. The maximum atomic E-state index is 12.9. The van der Waals surface area contributed by atoms with Crippen molar-refractivity contribution < 1.29 is 19.1 Å². The normalized spacial score (nSPS) is 12.6. The smallest absolute Gasteiger partial charge is 0.308 e. The molecule has 1 fully saturated rings. The first-order chi connectivity index (χ1) is 19.9. The number of esters is 1. The number of rotatable bonds is 9. The van der Waals surface area contributed by atoms with Gasteiger partial charge in [0.05, 0.1) is 0 Å². The van der Waals surface area contributed by atoms with E-state index >= 15 is 0 Å². The fourth-order valence-corrected chi connectivity index (χ4v) is 4.65. The van der Waals surface area contributed by atoms with Crippen molar-refractivity contribution in [1.29, 1.82) is 0 Å². The van der Waals surface area contributed by atoms with E-state index in [1.54, 1.807) is 18.2 Å². The molecule has 0 saturated carbocycles. The van der Waals surface area contributed by atoms with E-state index in [9.17, 15) is 9.59 Å². The predicted octanol–water partition coefficient (Wildman–Crippen LogP) is 5.70. The van der Waals surface area contributed by atoms with Crippen molar-refractivity contribution in [3.05, 3.63) is 95.8 Å². The highest BCUT2D eigenvalue weighted by atomic mass is 16.5. The third-order valence-electron chi connectivity index (χ3n) is 6.60. The van der Waals surface area contributed by atoms with Crippen LogP contribution >= 0.6 is 0 Å². The lowest BCUT2D eigenvalue weighted by Gasteiger charge is -2.24. The van der Waals surface area contributed by atoms with E-state index in [2.05, 4.69) is 10.2 Å². The van der Waals surface area contributed by atoms with Crippen LogP contribution < -0.4 is 24.6 Å². The Bertz CT molecular complexity index is 1520. The lowest BCUT2D eigenvalue weighted by atomic mass is 10.1. The lowest BCUT2D eigenvalue weighted by molar-refractivity contribution is -0.131. The Hall–Kier alpha value is -4.92. The number of carbonyl (C=O) groups is 2. The molecule has 5 rings (SSSR count). The summed E-state index contributed by atoms with van der Waals surface area (Å²) in [4.78, 5) is 38.3. The summed E-state index contributed by atoms with van der Waals surface area (Å²) < 4.78 is 11.4. The molecule has 1 amide bonds. The van der Waals surface area contributed by atoms with Gasteiger partial charge in [0.1, 0.15) is 17.3 Å². The van der Waals surface area contributed by atoms with Crippen LogP contribution in [0.3, 0.4) is 0 Å². The van der Waals surface area contributed by atoms with Gasteiger partial charge in [-0.3, -0.25) is 9.59 Å². The molecule has 210 valence electrons.